The number of hydrogen-bond donors (Lipinski definition) is 1. The van der Waals surface area contributed by atoms with Gasteiger partial charge in [-0.15, -0.1) is 5.10 Å². The molecule has 7 nitrogen and oxygen atoms in total. The molecule has 0 saturated carbocycles. The molecule has 3 rings (SSSR count). The average Bonchev–Trinajstić information content (AvgIpc) is 3.09. The Labute approximate surface area is 129 Å². The Morgan fingerprint density at radius 2 is 1.95 bits per heavy atom. The highest BCUT2D eigenvalue weighted by molar-refractivity contribution is 5.94. The SMILES string of the molecule is CC(N)C1CCN(C(=O)c2ccc(-n3cnnn3)cc2)CC1. The second-order valence-corrected chi connectivity index (χ2v) is 5.79. The van der Waals surface area contributed by atoms with Crippen LogP contribution in [-0.2, 0) is 0 Å². The summed E-state index contributed by atoms with van der Waals surface area (Å²) in [6.07, 6.45) is 3.48. The van der Waals surface area contributed by atoms with Crippen LogP contribution in [0.5, 0.6) is 0 Å². The summed E-state index contributed by atoms with van der Waals surface area (Å²) in [5, 5.41) is 11.0. The van der Waals surface area contributed by atoms with Gasteiger partial charge in [0, 0.05) is 24.7 Å². The molecule has 2 heterocycles. The van der Waals surface area contributed by atoms with Crippen molar-refractivity contribution in [2.24, 2.45) is 11.7 Å². The first-order valence-corrected chi connectivity index (χ1v) is 7.53. The van der Waals surface area contributed by atoms with Crippen LogP contribution < -0.4 is 5.73 Å². The fraction of sp³-hybridized carbons (Fsp3) is 0.467. The third kappa shape index (κ3) is 2.99. The van der Waals surface area contributed by atoms with Crippen molar-refractivity contribution in [3.05, 3.63) is 36.2 Å². The number of hydrogen-bond acceptors (Lipinski definition) is 5. The number of amides is 1. The van der Waals surface area contributed by atoms with Crippen molar-refractivity contribution in [1.82, 2.24) is 25.1 Å². The Morgan fingerprint density at radius 1 is 1.27 bits per heavy atom. The van der Waals surface area contributed by atoms with Gasteiger partial charge in [0.15, 0.2) is 0 Å². The number of benzene rings is 1. The van der Waals surface area contributed by atoms with Gasteiger partial charge in [-0.2, -0.15) is 0 Å². The molecule has 0 spiro atoms. The van der Waals surface area contributed by atoms with E-state index < -0.39 is 0 Å². The van der Waals surface area contributed by atoms with E-state index in [-0.39, 0.29) is 11.9 Å². The summed E-state index contributed by atoms with van der Waals surface area (Å²) in [4.78, 5) is 14.4. The zero-order valence-electron chi connectivity index (χ0n) is 12.6. The smallest absolute Gasteiger partial charge is 0.253 e. The molecule has 1 aliphatic rings. The lowest BCUT2D eigenvalue weighted by molar-refractivity contribution is 0.0681. The van der Waals surface area contributed by atoms with Crippen molar-refractivity contribution in [2.75, 3.05) is 13.1 Å². The maximum absolute atomic E-state index is 12.5. The second-order valence-electron chi connectivity index (χ2n) is 5.79. The van der Waals surface area contributed by atoms with Gasteiger partial charge >= 0.3 is 0 Å². The Balaban J connectivity index is 1.66. The van der Waals surface area contributed by atoms with E-state index in [0.717, 1.165) is 31.6 Å². The van der Waals surface area contributed by atoms with Gasteiger partial charge in [0.05, 0.1) is 5.69 Å². The van der Waals surface area contributed by atoms with Crippen molar-refractivity contribution >= 4 is 5.91 Å². The maximum atomic E-state index is 12.5. The number of carbonyl (C=O) groups is 1. The van der Waals surface area contributed by atoms with Gasteiger partial charge in [0.1, 0.15) is 6.33 Å². The summed E-state index contributed by atoms with van der Waals surface area (Å²) in [5.74, 6) is 0.595. The predicted molar refractivity (Wildman–Crippen MR) is 81.4 cm³/mol. The van der Waals surface area contributed by atoms with Crippen LogP contribution in [-0.4, -0.2) is 50.1 Å². The molecule has 2 N–H and O–H groups in total. The van der Waals surface area contributed by atoms with Crippen molar-refractivity contribution in [1.29, 1.82) is 0 Å². The molecular formula is C15H20N6O. The number of tetrazole rings is 1. The summed E-state index contributed by atoms with van der Waals surface area (Å²) in [5.41, 5.74) is 7.46. The van der Waals surface area contributed by atoms with E-state index in [0.29, 0.717) is 11.5 Å². The fourth-order valence-electron chi connectivity index (χ4n) is 2.85. The van der Waals surface area contributed by atoms with Crippen LogP contribution in [0.2, 0.25) is 0 Å². The highest BCUT2D eigenvalue weighted by atomic mass is 16.2. The highest BCUT2D eigenvalue weighted by Crippen LogP contribution is 2.21. The van der Waals surface area contributed by atoms with Gasteiger partial charge in [-0.05, 0) is 60.4 Å². The van der Waals surface area contributed by atoms with Crippen LogP contribution in [0.15, 0.2) is 30.6 Å². The van der Waals surface area contributed by atoms with Gasteiger partial charge in [0.25, 0.3) is 5.91 Å². The van der Waals surface area contributed by atoms with Gasteiger partial charge in [-0.1, -0.05) is 0 Å². The molecule has 1 atom stereocenters. The Morgan fingerprint density at radius 3 is 2.50 bits per heavy atom. The molecule has 116 valence electrons. The first kappa shape index (κ1) is 14.6. The van der Waals surface area contributed by atoms with Crippen molar-refractivity contribution in [2.45, 2.75) is 25.8 Å². The summed E-state index contributed by atoms with van der Waals surface area (Å²) >= 11 is 0. The molecular weight excluding hydrogens is 280 g/mol. The Hall–Kier alpha value is -2.28. The van der Waals surface area contributed by atoms with Crippen LogP contribution in [0.1, 0.15) is 30.1 Å². The minimum Gasteiger partial charge on any atom is -0.339 e. The number of carbonyl (C=O) groups excluding carboxylic acids is 1. The lowest BCUT2D eigenvalue weighted by Crippen LogP contribution is -2.42. The van der Waals surface area contributed by atoms with E-state index in [4.69, 9.17) is 5.73 Å². The monoisotopic (exact) mass is 300 g/mol. The van der Waals surface area contributed by atoms with Gasteiger partial charge in [-0.25, -0.2) is 4.68 Å². The second kappa shape index (κ2) is 6.23. The van der Waals surface area contributed by atoms with Gasteiger partial charge < -0.3 is 10.6 Å². The molecule has 0 bridgehead atoms. The lowest BCUT2D eigenvalue weighted by Gasteiger charge is -2.33. The number of nitrogens with two attached hydrogens (primary N) is 1. The molecule has 1 aromatic carbocycles. The molecule has 1 aliphatic heterocycles. The van der Waals surface area contributed by atoms with Gasteiger partial charge in [-0.3, -0.25) is 4.79 Å². The summed E-state index contributed by atoms with van der Waals surface area (Å²) in [6, 6.07) is 7.53. The van der Waals surface area contributed by atoms with Crippen molar-refractivity contribution in [3.63, 3.8) is 0 Å². The summed E-state index contributed by atoms with van der Waals surface area (Å²) in [6.45, 7) is 3.60. The molecule has 2 aromatic rings. The molecule has 1 saturated heterocycles. The fourth-order valence-corrected chi connectivity index (χ4v) is 2.85. The van der Waals surface area contributed by atoms with Gasteiger partial charge in [0.2, 0.25) is 0 Å². The van der Waals surface area contributed by atoms with Crippen LogP contribution >= 0.6 is 0 Å². The third-order valence-electron chi connectivity index (χ3n) is 4.30. The average molecular weight is 300 g/mol. The standard InChI is InChI=1S/C15H20N6O/c1-11(16)12-6-8-20(9-7-12)15(22)13-2-4-14(5-3-13)21-10-17-18-19-21/h2-5,10-12H,6-9,16H2,1H3. The van der Waals surface area contributed by atoms with Crippen molar-refractivity contribution < 1.29 is 4.79 Å². The lowest BCUT2D eigenvalue weighted by atomic mass is 9.90. The molecule has 22 heavy (non-hydrogen) atoms. The molecule has 1 amide bonds. The number of piperidine rings is 1. The normalized spacial score (nSPS) is 17.5. The summed E-state index contributed by atoms with van der Waals surface area (Å²) in [7, 11) is 0. The molecule has 1 fully saturated rings. The number of aromatic nitrogens is 4. The van der Waals surface area contributed by atoms with Crippen LogP contribution in [0.25, 0.3) is 5.69 Å². The van der Waals surface area contributed by atoms with E-state index in [2.05, 4.69) is 15.5 Å². The molecule has 7 heteroatoms. The molecule has 1 aromatic heterocycles. The largest absolute Gasteiger partial charge is 0.339 e. The van der Waals surface area contributed by atoms with E-state index in [1.165, 1.54) is 6.33 Å². The van der Waals surface area contributed by atoms with Crippen LogP contribution in [0.3, 0.4) is 0 Å². The zero-order chi connectivity index (χ0) is 15.5. The highest BCUT2D eigenvalue weighted by Gasteiger charge is 2.25. The first-order valence-electron chi connectivity index (χ1n) is 7.53. The number of nitrogens with zero attached hydrogens (tertiary/aromatic N) is 5. The van der Waals surface area contributed by atoms with E-state index in [1.54, 1.807) is 4.68 Å². The van der Waals surface area contributed by atoms with Crippen LogP contribution in [0.4, 0.5) is 0 Å². The minimum atomic E-state index is 0.0754. The molecule has 1 unspecified atom stereocenters. The predicted octanol–water partition coefficient (Wildman–Crippen LogP) is 0.862. The van der Waals surface area contributed by atoms with E-state index in [1.807, 2.05) is 36.1 Å². The van der Waals surface area contributed by atoms with E-state index >= 15 is 0 Å². The summed E-state index contributed by atoms with van der Waals surface area (Å²) < 4.78 is 1.56. The first-order chi connectivity index (χ1) is 10.6. The maximum Gasteiger partial charge on any atom is 0.253 e. The quantitative estimate of drug-likeness (QED) is 0.908. The van der Waals surface area contributed by atoms with E-state index in [9.17, 15) is 4.79 Å². The zero-order valence-corrected chi connectivity index (χ0v) is 12.6. The third-order valence-corrected chi connectivity index (χ3v) is 4.30. The molecule has 0 radical (unpaired) electrons. The minimum absolute atomic E-state index is 0.0754. The Bertz CT molecular complexity index is 614. The Kier molecular flexibility index (Phi) is 4.15. The number of rotatable bonds is 3. The molecule has 0 aliphatic carbocycles. The van der Waals surface area contributed by atoms with Crippen LogP contribution in [0, 0.1) is 5.92 Å². The topological polar surface area (TPSA) is 89.9 Å². The van der Waals surface area contributed by atoms with Crippen molar-refractivity contribution in [3.8, 4) is 5.69 Å². The number of likely N-dealkylation sites (tertiary alicyclic amines) is 1.